The van der Waals surface area contributed by atoms with Crippen molar-refractivity contribution in [3.63, 3.8) is 0 Å². The molecule has 0 saturated heterocycles. The highest BCUT2D eigenvalue weighted by atomic mass is 79.9. The van der Waals surface area contributed by atoms with Crippen LogP contribution < -0.4 is 4.74 Å². The highest BCUT2D eigenvalue weighted by Gasteiger charge is 2.33. The Balaban J connectivity index is 3.27. The van der Waals surface area contributed by atoms with E-state index in [-0.39, 0.29) is 22.2 Å². The summed E-state index contributed by atoms with van der Waals surface area (Å²) in [6.45, 7) is 1.61. The first-order valence-electron chi connectivity index (χ1n) is 4.95. The number of carbonyl (C=O) groups is 1. The van der Waals surface area contributed by atoms with Gasteiger partial charge < -0.3 is 9.47 Å². The van der Waals surface area contributed by atoms with E-state index in [9.17, 15) is 18.0 Å². The van der Waals surface area contributed by atoms with Crippen molar-refractivity contribution < 1.29 is 27.4 Å². The molecular weight excluding hydrogens is 331 g/mol. The standard InChI is InChI=1S/C11H7BrF3NO3/c1-2-18-10(17)6-3-7(5-16)9(12)8(4-6)19-11(13,14)15/h3-4H,2H2,1H3. The van der Waals surface area contributed by atoms with E-state index in [0.29, 0.717) is 0 Å². The van der Waals surface area contributed by atoms with Crippen molar-refractivity contribution in [3.05, 3.63) is 27.7 Å². The van der Waals surface area contributed by atoms with Crippen LogP contribution in [-0.4, -0.2) is 18.9 Å². The monoisotopic (exact) mass is 337 g/mol. The highest BCUT2D eigenvalue weighted by Crippen LogP contribution is 2.34. The summed E-state index contributed by atoms with van der Waals surface area (Å²) in [6.07, 6.45) is -4.93. The van der Waals surface area contributed by atoms with E-state index in [2.05, 4.69) is 25.4 Å². The van der Waals surface area contributed by atoms with Gasteiger partial charge in [-0.1, -0.05) is 0 Å². The summed E-state index contributed by atoms with van der Waals surface area (Å²) in [4.78, 5) is 11.5. The van der Waals surface area contributed by atoms with Crippen LogP contribution in [0.5, 0.6) is 5.75 Å². The van der Waals surface area contributed by atoms with E-state index in [0.717, 1.165) is 12.1 Å². The molecule has 4 nitrogen and oxygen atoms in total. The molecule has 0 amide bonds. The normalized spacial score (nSPS) is 10.7. The second-order valence-corrected chi connectivity index (χ2v) is 4.01. The molecule has 19 heavy (non-hydrogen) atoms. The second kappa shape index (κ2) is 5.93. The fourth-order valence-corrected chi connectivity index (χ4v) is 1.61. The summed E-state index contributed by atoms with van der Waals surface area (Å²) in [5, 5.41) is 8.81. The molecule has 0 saturated carbocycles. The first-order valence-corrected chi connectivity index (χ1v) is 5.74. The second-order valence-electron chi connectivity index (χ2n) is 3.22. The van der Waals surface area contributed by atoms with Crippen molar-refractivity contribution in [1.29, 1.82) is 5.26 Å². The van der Waals surface area contributed by atoms with E-state index in [4.69, 9.17) is 5.26 Å². The molecule has 0 heterocycles. The van der Waals surface area contributed by atoms with Crippen LogP contribution in [0.1, 0.15) is 22.8 Å². The summed E-state index contributed by atoms with van der Waals surface area (Å²) < 4.78 is 44.8. The number of esters is 1. The fraction of sp³-hybridized carbons (Fsp3) is 0.273. The Bertz CT molecular complexity index is 537. The molecule has 1 aromatic rings. The Hall–Kier alpha value is -1.75. The number of alkyl halides is 3. The number of carbonyl (C=O) groups excluding carboxylic acids is 1. The summed E-state index contributed by atoms with van der Waals surface area (Å²) in [5.74, 6) is -1.51. The van der Waals surface area contributed by atoms with Crippen molar-refractivity contribution in [3.8, 4) is 11.8 Å². The summed E-state index contributed by atoms with van der Waals surface area (Å²) in [5.41, 5.74) is -0.356. The number of rotatable bonds is 3. The zero-order valence-electron chi connectivity index (χ0n) is 9.55. The molecule has 0 aliphatic heterocycles. The molecule has 0 aromatic heterocycles. The number of nitrogens with zero attached hydrogens (tertiary/aromatic N) is 1. The molecule has 0 spiro atoms. The van der Waals surface area contributed by atoms with Gasteiger partial charge in [0.1, 0.15) is 11.8 Å². The third-order valence-electron chi connectivity index (χ3n) is 1.90. The number of nitriles is 1. The Labute approximate surface area is 114 Å². The molecule has 0 bridgehead atoms. The average Bonchev–Trinajstić information content (AvgIpc) is 2.30. The van der Waals surface area contributed by atoms with Crippen LogP contribution in [0.15, 0.2) is 16.6 Å². The third-order valence-corrected chi connectivity index (χ3v) is 2.71. The van der Waals surface area contributed by atoms with Gasteiger partial charge in [0, 0.05) is 0 Å². The van der Waals surface area contributed by atoms with E-state index in [1.807, 2.05) is 0 Å². The Morgan fingerprint density at radius 3 is 2.58 bits per heavy atom. The molecule has 0 aliphatic rings. The van der Waals surface area contributed by atoms with Gasteiger partial charge in [-0.2, -0.15) is 5.26 Å². The Kier molecular flexibility index (Phi) is 4.78. The van der Waals surface area contributed by atoms with Crippen LogP contribution in [0.2, 0.25) is 0 Å². The van der Waals surface area contributed by atoms with Crippen molar-refractivity contribution in [2.75, 3.05) is 6.61 Å². The van der Waals surface area contributed by atoms with Crippen molar-refractivity contribution in [2.24, 2.45) is 0 Å². The third kappa shape index (κ3) is 4.13. The molecule has 0 radical (unpaired) electrons. The van der Waals surface area contributed by atoms with Crippen LogP contribution in [0.4, 0.5) is 13.2 Å². The van der Waals surface area contributed by atoms with Gasteiger partial charge in [-0.3, -0.25) is 0 Å². The Morgan fingerprint density at radius 1 is 1.47 bits per heavy atom. The quantitative estimate of drug-likeness (QED) is 0.793. The van der Waals surface area contributed by atoms with Gasteiger partial charge in [0.2, 0.25) is 0 Å². The summed E-state index contributed by atoms with van der Waals surface area (Å²) >= 11 is 2.82. The van der Waals surface area contributed by atoms with Crippen molar-refractivity contribution >= 4 is 21.9 Å². The van der Waals surface area contributed by atoms with E-state index < -0.39 is 18.1 Å². The number of hydrogen-bond donors (Lipinski definition) is 0. The van der Waals surface area contributed by atoms with Crippen LogP contribution in [-0.2, 0) is 4.74 Å². The van der Waals surface area contributed by atoms with Gasteiger partial charge in [-0.05, 0) is 35.0 Å². The van der Waals surface area contributed by atoms with E-state index in [1.165, 1.54) is 0 Å². The van der Waals surface area contributed by atoms with Gasteiger partial charge >= 0.3 is 12.3 Å². The average molecular weight is 338 g/mol. The van der Waals surface area contributed by atoms with E-state index >= 15 is 0 Å². The van der Waals surface area contributed by atoms with Gasteiger partial charge in [0.05, 0.1) is 22.2 Å². The minimum atomic E-state index is -4.93. The van der Waals surface area contributed by atoms with Crippen LogP contribution >= 0.6 is 15.9 Å². The summed E-state index contributed by atoms with van der Waals surface area (Å²) in [6, 6.07) is 3.63. The number of halogens is 4. The molecular formula is C11H7BrF3NO3. The Morgan fingerprint density at radius 2 is 2.11 bits per heavy atom. The predicted octanol–water partition coefficient (Wildman–Crippen LogP) is 3.40. The lowest BCUT2D eigenvalue weighted by Crippen LogP contribution is -2.18. The lowest BCUT2D eigenvalue weighted by molar-refractivity contribution is -0.274. The zero-order chi connectivity index (χ0) is 14.6. The van der Waals surface area contributed by atoms with Gasteiger partial charge in [-0.25, -0.2) is 4.79 Å². The molecule has 1 rings (SSSR count). The van der Waals surface area contributed by atoms with Crippen LogP contribution in [0, 0.1) is 11.3 Å². The number of benzene rings is 1. The van der Waals surface area contributed by atoms with Gasteiger partial charge in [0.25, 0.3) is 0 Å². The smallest absolute Gasteiger partial charge is 0.462 e. The largest absolute Gasteiger partial charge is 0.573 e. The van der Waals surface area contributed by atoms with E-state index in [1.54, 1.807) is 13.0 Å². The zero-order valence-corrected chi connectivity index (χ0v) is 11.1. The SMILES string of the molecule is CCOC(=O)c1cc(C#N)c(Br)c(OC(F)(F)F)c1. The molecule has 0 aliphatic carbocycles. The first kappa shape index (κ1) is 15.3. The molecule has 0 N–H and O–H groups in total. The highest BCUT2D eigenvalue weighted by molar-refractivity contribution is 9.10. The molecule has 1 aromatic carbocycles. The lowest BCUT2D eigenvalue weighted by Gasteiger charge is -2.12. The van der Waals surface area contributed by atoms with Crippen LogP contribution in [0.25, 0.3) is 0 Å². The topological polar surface area (TPSA) is 59.3 Å². The van der Waals surface area contributed by atoms with Gasteiger partial charge in [0.15, 0.2) is 0 Å². The maximum atomic E-state index is 12.2. The minimum absolute atomic E-state index is 0.0618. The first-order chi connectivity index (χ1) is 8.78. The fourth-order valence-electron chi connectivity index (χ4n) is 1.21. The molecule has 8 heteroatoms. The van der Waals surface area contributed by atoms with Crippen LogP contribution in [0.3, 0.4) is 0 Å². The molecule has 0 unspecified atom stereocenters. The maximum Gasteiger partial charge on any atom is 0.573 e. The molecule has 0 fully saturated rings. The number of hydrogen-bond acceptors (Lipinski definition) is 4. The molecule has 0 atom stereocenters. The predicted molar refractivity (Wildman–Crippen MR) is 61.5 cm³/mol. The number of ether oxygens (including phenoxy) is 2. The lowest BCUT2D eigenvalue weighted by atomic mass is 10.1. The molecule has 102 valence electrons. The van der Waals surface area contributed by atoms with Crippen molar-refractivity contribution in [2.45, 2.75) is 13.3 Å². The maximum absolute atomic E-state index is 12.2. The minimum Gasteiger partial charge on any atom is -0.462 e. The van der Waals surface area contributed by atoms with Crippen molar-refractivity contribution in [1.82, 2.24) is 0 Å². The van der Waals surface area contributed by atoms with Gasteiger partial charge in [-0.15, -0.1) is 13.2 Å². The summed E-state index contributed by atoms with van der Waals surface area (Å²) in [7, 11) is 0.